The average molecular weight is 275 g/mol. The van der Waals surface area contributed by atoms with Gasteiger partial charge in [-0.05, 0) is 25.5 Å². The highest BCUT2D eigenvalue weighted by Crippen LogP contribution is 2.26. The molecule has 4 nitrogen and oxygen atoms in total. The fraction of sp³-hybridized carbons (Fsp3) is 0.625. The van der Waals surface area contributed by atoms with Crippen LogP contribution in [0.1, 0.15) is 24.4 Å². The van der Waals surface area contributed by atoms with Gasteiger partial charge in [-0.1, -0.05) is 18.2 Å². The molecule has 0 bridgehead atoms. The van der Waals surface area contributed by atoms with E-state index in [1.165, 1.54) is 32.5 Å². The molecule has 2 heterocycles. The molecule has 110 valence electrons. The van der Waals surface area contributed by atoms with Gasteiger partial charge in [0.25, 0.3) is 0 Å². The number of piperazine rings is 1. The molecule has 2 unspecified atom stereocenters. The number of benzene rings is 1. The van der Waals surface area contributed by atoms with Crippen LogP contribution in [0.2, 0.25) is 0 Å². The second-order valence-electron chi connectivity index (χ2n) is 5.94. The summed E-state index contributed by atoms with van der Waals surface area (Å²) in [5.41, 5.74) is 7.52. The van der Waals surface area contributed by atoms with Crippen LogP contribution in [-0.4, -0.2) is 55.7 Å². The van der Waals surface area contributed by atoms with Gasteiger partial charge in [-0.15, -0.1) is 0 Å². The molecule has 0 saturated carbocycles. The number of methoxy groups -OCH3 is 1. The Bertz CT molecular complexity index is 451. The van der Waals surface area contributed by atoms with Crippen LogP contribution >= 0.6 is 0 Å². The minimum absolute atomic E-state index is 0.0269. The zero-order valence-electron chi connectivity index (χ0n) is 12.3. The van der Waals surface area contributed by atoms with Crippen LogP contribution in [0.15, 0.2) is 24.3 Å². The summed E-state index contributed by atoms with van der Waals surface area (Å²) in [5, 5.41) is 0. The van der Waals surface area contributed by atoms with Crippen LogP contribution in [0.3, 0.4) is 0 Å². The largest absolute Gasteiger partial charge is 0.496 e. The standard InChI is InChI=1S/C16H25N3O/c1-20-16-7-3-2-6-14(16)15(17)12-18-9-10-19-8-4-5-13(19)11-18/h2-3,6-7,13,15H,4-5,8-12,17H2,1H3. The Labute approximate surface area is 121 Å². The van der Waals surface area contributed by atoms with Crippen LogP contribution in [0, 0.1) is 0 Å². The molecule has 0 spiro atoms. The number of rotatable bonds is 4. The fourth-order valence-corrected chi connectivity index (χ4v) is 3.57. The van der Waals surface area contributed by atoms with Gasteiger partial charge < -0.3 is 10.5 Å². The average Bonchev–Trinajstić information content (AvgIpc) is 2.94. The van der Waals surface area contributed by atoms with Gasteiger partial charge in [0.05, 0.1) is 7.11 Å². The molecule has 4 heteroatoms. The second kappa shape index (κ2) is 6.12. The van der Waals surface area contributed by atoms with Gasteiger partial charge >= 0.3 is 0 Å². The predicted molar refractivity (Wildman–Crippen MR) is 81.0 cm³/mol. The molecule has 2 aliphatic rings. The Morgan fingerprint density at radius 2 is 2.15 bits per heavy atom. The molecular weight excluding hydrogens is 250 g/mol. The van der Waals surface area contributed by atoms with E-state index in [-0.39, 0.29) is 6.04 Å². The summed E-state index contributed by atoms with van der Waals surface area (Å²) in [4.78, 5) is 5.15. The summed E-state index contributed by atoms with van der Waals surface area (Å²) < 4.78 is 5.42. The third-order valence-electron chi connectivity index (χ3n) is 4.66. The summed E-state index contributed by atoms with van der Waals surface area (Å²) in [6.07, 6.45) is 2.71. The number of hydrogen-bond acceptors (Lipinski definition) is 4. The highest BCUT2D eigenvalue weighted by molar-refractivity contribution is 5.35. The Morgan fingerprint density at radius 1 is 1.30 bits per heavy atom. The number of nitrogens with two attached hydrogens (primary N) is 1. The molecule has 2 fully saturated rings. The summed E-state index contributed by atoms with van der Waals surface area (Å²) in [5.74, 6) is 0.902. The number of para-hydroxylation sites is 1. The fourth-order valence-electron chi connectivity index (χ4n) is 3.57. The summed E-state index contributed by atoms with van der Waals surface area (Å²) in [7, 11) is 1.71. The minimum Gasteiger partial charge on any atom is -0.496 e. The molecular formula is C16H25N3O. The van der Waals surface area contributed by atoms with Crippen molar-refractivity contribution in [2.24, 2.45) is 5.73 Å². The van der Waals surface area contributed by atoms with Gasteiger partial charge in [-0.25, -0.2) is 0 Å². The Morgan fingerprint density at radius 3 is 3.00 bits per heavy atom. The smallest absolute Gasteiger partial charge is 0.123 e. The van der Waals surface area contributed by atoms with Crippen molar-refractivity contribution >= 4 is 0 Å². The van der Waals surface area contributed by atoms with Crippen molar-refractivity contribution in [2.45, 2.75) is 24.9 Å². The van der Waals surface area contributed by atoms with E-state index in [0.29, 0.717) is 0 Å². The van der Waals surface area contributed by atoms with Crippen molar-refractivity contribution < 1.29 is 4.74 Å². The first-order valence-electron chi connectivity index (χ1n) is 7.63. The van der Waals surface area contributed by atoms with E-state index in [9.17, 15) is 0 Å². The van der Waals surface area contributed by atoms with Crippen LogP contribution in [0.5, 0.6) is 5.75 Å². The first-order chi connectivity index (χ1) is 9.78. The zero-order chi connectivity index (χ0) is 13.9. The molecule has 20 heavy (non-hydrogen) atoms. The van der Waals surface area contributed by atoms with E-state index in [4.69, 9.17) is 10.5 Å². The molecule has 1 aromatic carbocycles. The summed E-state index contributed by atoms with van der Waals surface area (Å²) >= 11 is 0. The Kier molecular flexibility index (Phi) is 4.24. The van der Waals surface area contributed by atoms with E-state index in [1.54, 1.807) is 7.11 Å². The predicted octanol–water partition coefficient (Wildman–Crippen LogP) is 1.47. The maximum absolute atomic E-state index is 6.40. The second-order valence-corrected chi connectivity index (χ2v) is 5.94. The lowest BCUT2D eigenvalue weighted by Gasteiger charge is -2.38. The van der Waals surface area contributed by atoms with E-state index < -0.39 is 0 Å². The molecule has 1 aromatic rings. The van der Waals surface area contributed by atoms with Crippen molar-refractivity contribution in [3.63, 3.8) is 0 Å². The molecule has 2 saturated heterocycles. The Balaban J connectivity index is 1.62. The quantitative estimate of drug-likeness (QED) is 0.903. The maximum atomic E-state index is 6.40. The van der Waals surface area contributed by atoms with Gasteiger partial charge in [-0.2, -0.15) is 0 Å². The molecule has 0 amide bonds. The molecule has 2 N–H and O–H groups in total. The minimum atomic E-state index is 0.0269. The topological polar surface area (TPSA) is 41.7 Å². The Hall–Kier alpha value is -1.10. The lowest BCUT2D eigenvalue weighted by atomic mass is 10.0. The van der Waals surface area contributed by atoms with Gasteiger partial charge in [0.1, 0.15) is 5.75 Å². The van der Waals surface area contributed by atoms with Crippen molar-refractivity contribution in [1.82, 2.24) is 9.80 Å². The third kappa shape index (κ3) is 2.82. The third-order valence-corrected chi connectivity index (χ3v) is 4.66. The van der Waals surface area contributed by atoms with Crippen molar-refractivity contribution in [3.05, 3.63) is 29.8 Å². The summed E-state index contributed by atoms with van der Waals surface area (Å²) in [6, 6.07) is 8.88. The van der Waals surface area contributed by atoms with E-state index in [0.717, 1.165) is 30.4 Å². The first kappa shape index (κ1) is 13.9. The van der Waals surface area contributed by atoms with E-state index >= 15 is 0 Å². The molecule has 0 aromatic heterocycles. The SMILES string of the molecule is COc1ccccc1C(N)CN1CCN2CCCC2C1. The highest BCUT2D eigenvalue weighted by Gasteiger charge is 2.31. The molecule has 2 aliphatic heterocycles. The number of ether oxygens (including phenoxy) is 1. The van der Waals surface area contributed by atoms with Gasteiger partial charge in [0.2, 0.25) is 0 Å². The van der Waals surface area contributed by atoms with Crippen molar-refractivity contribution in [1.29, 1.82) is 0 Å². The lowest BCUT2D eigenvalue weighted by Crippen LogP contribution is -2.51. The normalized spacial score (nSPS) is 25.4. The van der Waals surface area contributed by atoms with Gasteiger partial charge in [-0.3, -0.25) is 9.80 Å². The lowest BCUT2D eigenvalue weighted by molar-refractivity contribution is 0.0996. The molecule has 2 atom stereocenters. The number of hydrogen-bond donors (Lipinski definition) is 1. The number of fused-ring (bicyclic) bond motifs is 1. The van der Waals surface area contributed by atoms with Crippen molar-refractivity contribution in [2.75, 3.05) is 39.8 Å². The molecule has 0 aliphatic carbocycles. The number of nitrogens with zero attached hydrogens (tertiary/aromatic N) is 2. The van der Waals surface area contributed by atoms with Crippen LogP contribution in [-0.2, 0) is 0 Å². The summed E-state index contributed by atoms with van der Waals surface area (Å²) in [6.45, 7) is 5.72. The maximum Gasteiger partial charge on any atom is 0.123 e. The van der Waals surface area contributed by atoms with Crippen LogP contribution in [0.4, 0.5) is 0 Å². The van der Waals surface area contributed by atoms with E-state index in [1.807, 2.05) is 18.2 Å². The van der Waals surface area contributed by atoms with Crippen LogP contribution < -0.4 is 10.5 Å². The van der Waals surface area contributed by atoms with Crippen LogP contribution in [0.25, 0.3) is 0 Å². The van der Waals surface area contributed by atoms with Gasteiger partial charge in [0.15, 0.2) is 0 Å². The molecule has 0 radical (unpaired) electrons. The first-order valence-corrected chi connectivity index (χ1v) is 7.63. The van der Waals surface area contributed by atoms with E-state index in [2.05, 4.69) is 15.9 Å². The van der Waals surface area contributed by atoms with Gasteiger partial charge in [0, 0.05) is 43.8 Å². The monoisotopic (exact) mass is 275 g/mol. The zero-order valence-corrected chi connectivity index (χ0v) is 12.3. The van der Waals surface area contributed by atoms with Crippen molar-refractivity contribution in [3.8, 4) is 5.75 Å². The highest BCUT2D eigenvalue weighted by atomic mass is 16.5. The molecule has 3 rings (SSSR count).